The lowest BCUT2D eigenvalue weighted by Crippen LogP contribution is -2.15. The molecule has 3 nitrogen and oxygen atoms in total. The zero-order chi connectivity index (χ0) is 14.2. The van der Waals surface area contributed by atoms with Crippen LogP contribution in [0.15, 0.2) is 42.5 Å². The first-order chi connectivity index (χ1) is 9.78. The fourth-order valence-electron chi connectivity index (χ4n) is 1.89. The highest BCUT2D eigenvalue weighted by Gasteiger charge is 1.99. The zero-order valence-electron chi connectivity index (χ0n) is 12.2. The molecular formula is C17H22N2O. The molecule has 0 amide bonds. The third kappa shape index (κ3) is 4.67. The summed E-state index contributed by atoms with van der Waals surface area (Å²) in [5.74, 6) is 0.881. The molecule has 2 aromatic rings. The SMILES string of the molecule is CCCNCc1cccc(COc2ccc(C)cc2)n1. The van der Waals surface area contributed by atoms with Crippen LogP contribution >= 0.6 is 0 Å². The Morgan fingerprint density at radius 1 is 1.05 bits per heavy atom. The maximum atomic E-state index is 5.74. The lowest BCUT2D eigenvalue weighted by molar-refractivity contribution is 0.301. The van der Waals surface area contributed by atoms with Gasteiger partial charge in [-0.2, -0.15) is 0 Å². The number of aromatic nitrogens is 1. The Balaban J connectivity index is 1.89. The average molecular weight is 270 g/mol. The van der Waals surface area contributed by atoms with Crippen LogP contribution in [0.5, 0.6) is 5.75 Å². The van der Waals surface area contributed by atoms with Crippen molar-refractivity contribution in [3.63, 3.8) is 0 Å². The number of ether oxygens (including phenoxy) is 1. The van der Waals surface area contributed by atoms with Crippen LogP contribution in [0.25, 0.3) is 0 Å². The lowest BCUT2D eigenvalue weighted by atomic mass is 10.2. The second-order valence-corrected chi connectivity index (χ2v) is 4.90. The maximum Gasteiger partial charge on any atom is 0.130 e. The van der Waals surface area contributed by atoms with Crippen LogP contribution in [0.2, 0.25) is 0 Å². The first kappa shape index (κ1) is 14.5. The topological polar surface area (TPSA) is 34.1 Å². The molecule has 1 N–H and O–H groups in total. The van der Waals surface area contributed by atoms with E-state index in [-0.39, 0.29) is 0 Å². The Labute approximate surface area is 121 Å². The number of rotatable bonds is 7. The number of hydrogen-bond donors (Lipinski definition) is 1. The molecular weight excluding hydrogens is 248 g/mol. The zero-order valence-corrected chi connectivity index (χ0v) is 12.2. The minimum absolute atomic E-state index is 0.505. The Morgan fingerprint density at radius 2 is 1.80 bits per heavy atom. The standard InChI is InChI=1S/C17H22N2O/c1-3-11-18-12-15-5-4-6-16(19-15)13-20-17-9-7-14(2)8-10-17/h4-10,18H,3,11-13H2,1-2H3. The Bertz CT molecular complexity index is 523. The van der Waals surface area contributed by atoms with Crippen molar-refractivity contribution in [3.8, 4) is 5.75 Å². The smallest absolute Gasteiger partial charge is 0.130 e. The normalized spacial score (nSPS) is 10.5. The average Bonchev–Trinajstić information content (AvgIpc) is 2.47. The van der Waals surface area contributed by atoms with Gasteiger partial charge in [-0.1, -0.05) is 30.7 Å². The number of hydrogen-bond acceptors (Lipinski definition) is 3. The van der Waals surface area contributed by atoms with Crippen LogP contribution in [0.3, 0.4) is 0 Å². The summed E-state index contributed by atoms with van der Waals surface area (Å²) in [6.07, 6.45) is 1.14. The first-order valence-electron chi connectivity index (χ1n) is 7.13. The minimum atomic E-state index is 0.505. The number of nitrogens with one attached hydrogen (secondary N) is 1. The summed E-state index contributed by atoms with van der Waals surface area (Å²) in [7, 11) is 0. The molecule has 0 spiro atoms. The molecule has 0 bridgehead atoms. The maximum absolute atomic E-state index is 5.74. The van der Waals surface area contributed by atoms with Crippen LogP contribution in [-0.4, -0.2) is 11.5 Å². The van der Waals surface area contributed by atoms with Gasteiger partial charge in [0.25, 0.3) is 0 Å². The summed E-state index contributed by atoms with van der Waals surface area (Å²) in [5, 5.41) is 3.36. The van der Waals surface area contributed by atoms with E-state index in [1.807, 2.05) is 42.5 Å². The fraction of sp³-hybridized carbons (Fsp3) is 0.353. The van der Waals surface area contributed by atoms with Gasteiger partial charge in [-0.3, -0.25) is 4.98 Å². The van der Waals surface area contributed by atoms with Crippen molar-refractivity contribution in [3.05, 3.63) is 59.4 Å². The molecule has 3 heteroatoms. The van der Waals surface area contributed by atoms with E-state index in [4.69, 9.17) is 4.74 Å². The van der Waals surface area contributed by atoms with Crippen LogP contribution in [-0.2, 0) is 13.2 Å². The summed E-state index contributed by atoms with van der Waals surface area (Å²) in [6, 6.07) is 14.1. The van der Waals surface area contributed by atoms with Gasteiger partial charge in [0, 0.05) is 6.54 Å². The lowest BCUT2D eigenvalue weighted by Gasteiger charge is -2.08. The molecule has 1 heterocycles. The van der Waals surface area contributed by atoms with Crippen molar-refractivity contribution in [2.45, 2.75) is 33.4 Å². The number of pyridine rings is 1. The van der Waals surface area contributed by atoms with E-state index in [2.05, 4.69) is 24.1 Å². The van der Waals surface area contributed by atoms with Crippen LogP contribution in [0.4, 0.5) is 0 Å². The molecule has 106 valence electrons. The highest BCUT2D eigenvalue weighted by atomic mass is 16.5. The third-order valence-corrected chi connectivity index (χ3v) is 3.01. The summed E-state index contributed by atoms with van der Waals surface area (Å²) in [6.45, 7) is 6.56. The van der Waals surface area contributed by atoms with Gasteiger partial charge >= 0.3 is 0 Å². The molecule has 0 aliphatic heterocycles. The molecule has 2 rings (SSSR count). The number of nitrogens with zero attached hydrogens (tertiary/aromatic N) is 1. The van der Waals surface area contributed by atoms with Crippen molar-refractivity contribution >= 4 is 0 Å². The molecule has 0 atom stereocenters. The Morgan fingerprint density at radius 3 is 2.55 bits per heavy atom. The molecule has 0 saturated heterocycles. The van der Waals surface area contributed by atoms with Gasteiger partial charge in [-0.25, -0.2) is 0 Å². The van der Waals surface area contributed by atoms with E-state index >= 15 is 0 Å². The van der Waals surface area contributed by atoms with Crippen molar-refractivity contribution in [2.75, 3.05) is 6.54 Å². The van der Waals surface area contributed by atoms with E-state index in [1.165, 1.54) is 5.56 Å². The number of benzene rings is 1. The molecule has 0 fully saturated rings. The quantitative estimate of drug-likeness (QED) is 0.782. The van der Waals surface area contributed by atoms with Crippen molar-refractivity contribution in [2.24, 2.45) is 0 Å². The molecule has 0 unspecified atom stereocenters. The predicted octanol–water partition coefficient (Wildman–Crippen LogP) is 3.47. The molecule has 0 aliphatic rings. The highest BCUT2D eigenvalue weighted by Crippen LogP contribution is 2.13. The fourth-order valence-corrected chi connectivity index (χ4v) is 1.89. The van der Waals surface area contributed by atoms with E-state index < -0.39 is 0 Å². The second kappa shape index (κ2) is 7.65. The second-order valence-electron chi connectivity index (χ2n) is 4.90. The van der Waals surface area contributed by atoms with Gasteiger partial charge in [0.15, 0.2) is 0 Å². The van der Waals surface area contributed by atoms with E-state index in [0.29, 0.717) is 6.61 Å². The van der Waals surface area contributed by atoms with Crippen molar-refractivity contribution < 1.29 is 4.74 Å². The van der Waals surface area contributed by atoms with Gasteiger partial charge in [-0.05, 0) is 44.2 Å². The molecule has 20 heavy (non-hydrogen) atoms. The molecule has 0 saturated carbocycles. The van der Waals surface area contributed by atoms with Crippen LogP contribution in [0, 0.1) is 6.92 Å². The predicted molar refractivity (Wildman–Crippen MR) is 81.7 cm³/mol. The minimum Gasteiger partial charge on any atom is -0.487 e. The van der Waals surface area contributed by atoms with E-state index in [1.54, 1.807) is 0 Å². The van der Waals surface area contributed by atoms with Gasteiger partial charge in [0.1, 0.15) is 12.4 Å². The summed E-state index contributed by atoms with van der Waals surface area (Å²) in [5.41, 5.74) is 3.25. The van der Waals surface area contributed by atoms with E-state index in [0.717, 1.165) is 36.6 Å². The summed E-state index contributed by atoms with van der Waals surface area (Å²) >= 11 is 0. The monoisotopic (exact) mass is 270 g/mol. The van der Waals surface area contributed by atoms with Gasteiger partial charge in [0.2, 0.25) is 0 Å². The van der Waals surface area contributed by atoms with Gasteiger partial charge < -0.3 is 10.1 Å². The first-order valence-corrected chi connectivity index (χ1v) is 7.13. The number of aryl methyl sites for hydroxylation is 1. The van der Waals surface area contributed by atoms with Crippen LogP contribution < -0.4 is 10.1 Å². The third-order valence-electron chi connectivity index (χ3n) is 3.01. The largest absolute Gasteiger partial charge is 0.487 e. The Kier molecular flexibility index (Phi) is 5.56. The van der Waals surface area contributed by atoms with Gasteiger partial charge in [-0.15, -0.1) is 0 Å². The summed E-state index contributed by atoms with van der Waals surface area (Å²) in [4.78, 5) is 4.59. The van der Waals surface area contributed by atoms with E-state index in [9.17, 15) is 0 Å². The molecule has 1 aromatic carbocycles. The van der Waals surface area contributed by atoms with Crippen molar-refractivity contribution in [1.29, 1.82) is 0 Å². The van der Waals surface area contributed by atoms with Gasteiger partial charge in [0.05, 0.1) is 11.4 Å². The molecule has 0 radical (unpaired) electrons. The molecule has 0 aliphatic carbocycles. The van der Waals surface area contributed by atoms with Crippen molar-refractivity contribution in [1.82, 2.24) is 10.3 Å². The highest BCUT2D eigenvalue weighted by molar-refractivity contribution is 5.26. The Hall–Kier alpha value is -1.87. The summed E-state index contributed by atoms with van der Waals surface area (Å²) < 4.78 is 5.74. The molecule has 1 aromatic heterocycles. The van der Waals surface area contributed by atoms with Crippen LogP contribution in [0.1, 0.15) is 30.3 Å².